The molecule has 8 heteroatoms. The molecule has 0 radical (unpaired) electrons. The molecule has 0 aliphatic rings. The summed E-state index contributed by atoms with van der Waals surface area (Å²) < 4.78 is 93.5. The molecule has 152 valence electrons. The van der Waals surface area contributed by atoms with Crippen molar-refractivity contribution in [3.63, 3.8) is 0 Å². The van der Waals surface area contributed by atoms with E-state index in [4.69, 9.17) is 4.74 Å². The third-order valence-corrected chi connectivity index (χ3v) is 3.73. The highest BCUT2D eigenvalue weighted by molar-refractivity contribution is 5.52. The van der Waals surface area contributed by atoms with Crippen LogP contribution < -0.4 is 9.47 Å². The number of hydrogen-bond acceptors (Lipinski definition) is 2. The molecule has 0 atom stereocenters. The molecule has 0 amide bonds. The second-order valence-corrected chi connectivity index (χ2v) is 5.76. The number of benzene rings is 2. The summed E-state index contributed by atoms with van der Waals surface area (Å²) in [6, 6.07) is 3.19. The molecule has 2 rings (SSSR count). The van der Waals surface area contributed by atoms with Gasteiger partial charge in [-0.3, -0.25) is 0 Å². The summed E-state index contributed by atoms with van der Waals surface area (Å²) in [5.41, 5.74) is -1.62. The SMILES string of the molecule is CCCC=Cc1ccc(OC(F)(F)c2ccc(OCC)c(F)c2F)c(F)c1F. The summed E-state index contributed by atoms with van der Waals surface area (Å²) in [4.78, 5) is 0. The lowest BCUT2D eigenvalue weighted by molar-refractivity contribution is -0.189. The number of allylic oxidation sites excluding steroid dienone is 1. The third-order valence-electron chi connectivity index (χ3n) is 3.73. The van der Waals surface area contributed by atoms with Gasteiger partial charge in [0, 0.05) is 5.56 Å². The van der Waals surface area contributed by atoms with Gasteiger partial charge in [0.1, 0.15) is 5.56 Å². The summed E-state index contributed by atoms with van der Waals surface area (Å²) in [6.07, 6.45) is -0.128. The summed E-state index contributed by atoms with van der Waals surface area (Å²) in [6.45, 7) is 3.39. The van der Waals surface area contributed by atoms with Crippen LogP contribution in [-0.4, -0.2) is 6.61 Å². The summed E-state index contributed by atoms with van der Waals surface area (Å²) in [5.74, 6) is -8.28. The number of ether oxygens (including phenoxy) is 2. The Hall–Kier alpha value is -2.64. The Morgan fingerprint density at radius 2 is 1.50 bits per heavy atom. The van der Waals surface area contributed by atoms with Gasteiger partial charge in [-0.15, -0.1) is 0 Å². The van der Waals surface area contributed by atoms with Crippen molar-refractivity contribution in [3.8, 4) is 11.5 Å². The Balaban J connectivity index is 2.34. The fourth-order valence-corrected chi connectivity index (χ4v) is 2.35. The minimum atomic E-state index is -4.46. The summed E-state index contributed by atoms with van der Waals surface area (Å²) in [7, 11) is 0. The molecule has 0 spiro atoms. The molecule has 0 aromatic heterocycles. The van der Waals surface area contributed by atoms with E-state index in [0.29, 0.717) is 12.5 Å². The first-order chi connectivity index (χ1) is 13.2. The van der Waals surface area contributed by atoms with Crippen molar-refractivity contribution in [1.82, 2.24) is 0 Å². The molecule has 0 saturated carbocycles. The number of unbranched alkanes of at least 4 members (excludes halogenated alkanes) is 1. The minimum Gasteiger partial charge on any atom is -0.491 e. The van der Waals surface area contributed by atoms with Gasteiger partial charge in [0.25, 0.3) is 0 Å². The molecule has 0 bridgehead atoms. The van der Waals surface area contributed by atoms with Gasteiger partial charge >= 0.3 is 6.11 Å². The lowest BCUT2D eigenvalue weighted by Crippen LogP contribution is -2.25. The number of halogens is 6. The zero-order chi connectivity index (χ0) is 20.9. The topological polar surface area (TPSA) is 18.5 Å². The second-order valence-electron chi connectivity index (χ2n) is 5.76. The lowest BCUT2D eigenvalue weighted by Gasteiger charge is -2.20. The average Bonchev–Trinajstić information content (AvgIpc) is 2.65. The van der Waals surface area contributed by atoms with E-state index in [1.165, 1.54) is 13.0 Å². The number of rotatable bonds is 8. The molecule has 0 saturated heterocycles. The van der Waals surface area contributed by atoms with Crippen molar-refractivity contribution in [2.24, 2.45) is 0 Å². The summed E-state index contributed by atoms with van der Waals surface area (Å²) >= 11 is 0. The lowest BCUT2D eigenvalue weighted by atomic mass is 10.1. The highest BCUT2D eigenvalue weighted by atomic mass is 19.3. The number of alkyl halides is 2. The smallest absolute Gasteiger partial charge is 0.429 e. The van der Waals surface area contributed by atoms with Crippen LogP contribution >= 0.6 is 0 Å². The van der Waals surface area contributed by atoms with Crippen molar-refractivity contribution in [2.45, 2.75) is 32.8 Å². The Morgan fingerprint density at radius 3 is 2.14 bits per heavy atom. The van der Waals surface area contributed by atoms with Gasteiger partial charge in [-0.25, -0.2) is 8.78 Å². The van der Waals surface area contributed by atoms with Crippen LogP contribution in [0, 0.1) is 23.3 Å². The quantitative estimate of drug-likeness (QED) is 0.463. The van der Waals surface area contributed by atoms with E-state index >= 15 is 0 Å². The Morgan fingerprint density at radius 1 is 0.857 bits per heavy atom. The normalized spacial score (nSPS) is 11.9. The van der Waals surface area contributed by atoms with Gasteiger partial charge in [0.15, 0.2) is 23.1 Å². The van der Waals surface area contributed by atoms with Crippen LogP contribution in [0.1, 0.15) is 37.8 Å². The molecule has 2 aromatic rings. The van der Waals surface area contributed by atoms with Gasteiger partial charge in [-0.1, -0.05) is 25.5 Å². The fourth-order valence-electron chi connectivity index (χ4n) is 2.35. The van der Waals surface area contributed by atoms with E-state index < -0.39 is 46.4 Å². The van der Waals surface area contributed by atoms with Gasteiger partial charge in [0.05, 0.1) is 6.61 Å². The largest absolute Gasteiger partial charge is 0.491 e. The molecule has 0 heterocycles. The Kier molecular flexibility index (Phi) is 6.99. The van der Waals surface area contributed by atoms with Crippen LogP contribution in [0.15, 0.2) is 30.3 Å². The molecule has 0 N–H and O–H groups in total. The highest BCUT2D eigenvalue weighted by Gasteiger charge is 2.40. The van der Waals surface area contributed by atoms with Crippen LogP contribution in [0.3, 0.4) is 0 Å². The summed E-state index contributed by atoms with van der Waals surface area (Å²) in [5, 5.41) is 0. The number of hydrogen-bond donors (Lipinski definition) is 0. The molecular formula is C20H18F6O2. The van der Waals surface area contributed by atoms with E-state index in [1.54, 1.807) is 6.08 Å². The maximum Gasteiger partial charge on any atom is 0.429 e. The van der Waals surface area contributed by atoms with Crippen LogP contribution in [0.2, 0.25) is 0 Å². The van der Waals surface area contributed by atoms with E-state index in [0.717, 1.165) is 24.6 Å². The molecule has 2 nitrogen and oxygen atoms in total. The molecule has 28 heavy (non-hydrogen) atoms. The van der Waals surface area contributed by atoms with E-state index in [9.17, 15) is 26.3 Å². The Bertz CT molecular complexity index is 864. The first kappa shape index (κ1) is 21.7. The van der Waals surface area contributed by atoms with E-state index in [2.05, 4.69) is 4.74 Å². The molecule has 0 aliphatic carbocycles. The monoisotopic (exact) mass is 404 g/mol. The zero-order valence-corrected chi connectivity index (χ0v) is 15.2. The second kappa shape index (κ2) is 9.03. The first-order valence-corrected chi connectivity index (χ1v) is 8.55. The Labute approximate surface area is 158 Å². The van der Waals surface area contributed by atoms with Crippen LogP contribution in [0.25, 0.3) is 6.08 Å². The van der Waals surface area contributed by atoms with E-state index in [-0.39, 0.29) is 12.2 Å². The average molecular weight is 404 g/mol. The van der Waals surface area contributed by atoms with Crippen molar-refractivity contribution in [2.75, 3.05) is 6.61 Å². The van der Waals surface area contributed by atoms with E-state index in [1.807, 2.05) is 6.92 Å². The maximum absolute atomic E-state index is 14.3. The molecular weight excluding hydrogens is 386 g/mol. The van der Waals surface area contributed by atoms with Crippen molar-refractivity contribution < 1.29 is 35.8 Å². The van der Waals surface area contributed by atoms with Crippen LogP contribution in [0.5, 0.6) is 11.5 Å². The van der Waals surface area contributed by atoms with Crippen molar-refractivity contribution in [1.29, 1.82) is 0 Å². The zero-order valence-electron chi connectivity index (χ0n) is 15.2. The third kappa shape index (κ3) is 4.61. The minimum absolute atomic E-state index is 0.00780. The standard InChI is InChI=1S/C20H18F6O2/c1-3-5-6-7-12-8-10-15(19(24)16(12)21)28-20(25,26)13-9-11-14(27-4-2)18(23)17(13)22/h6-11H,3-5H2,1-2H3. The van der Waals surface area contributed by atoms with Crippen molar-refractivity contribution in [3.05, 3.63) is 64.7 Å². The maximum atomic E-state index is 14.3. The van der Waals surface area contributed by atoms with Gasteiger partial charge in [-0.05, 0) is 37.6 Å². The molecule has 0 unspecified atom stereocenters. The molecule has 0 aliphatic heterocycles. The fraction of sp³-hybridized carbons (Fsp3) is 0.300. The predicted molar refractivity (Wildman–Crippen MR) is 92.3 cm³/mol. The van der Waals surface area contributed by atoms with Crippen LogP contribution in [0.4, 0.5) is 26.3 Å². The predicted octanol–water partition coefficient (Wildman–Crippen LogP) is 6.58. The van der Waals surface area contributed by atoms with Crippen molar-refractivity contribution >= 4 is 6.08 Å². The van der Waals surface area contributed by atoms with Gasteiger partial charge in [0.2, 0.25) is 11.6 Å². The van der Waals surface area contributed by atoms with Crippen LogP contribution in [-0.2, 0) is 6.11 Å². The molecule has 0 fully saturated rings. The van der Waals surface area contributed by atoms with Gasteiger partial charge < -0.3 is 9.47 Å². The molecule has 2 aromatic carbocycles. The highest BCUT2D eigenvalue weighted by Crippen LogP contribution is 2.37. The first-order valence-electron chi connectivity index (χ1n) is 8.55. The van der Waals surface area contributed by atoms with Gasteiger partial charge in [-0.2, -0.15) is 17.6 Å².